The highest BCUT2D eigenvalue weighted by Gasteiger charge is 2.20. The van der Waals surface area contributed by atoms with Gasteiger partial charge in [-0.15, -0.1) is 11.3 Å². The number of hydrogen-bond acceptors (Lipinski definition) is 4. The third-order valence-corrected chi connectivity index (χ3v) is 4.99. The van der Waals surface area contributed by atoms with Gasteiger partial charge >= 0.3 is 5.97 Å². The van der Waals surface area contributed by atoms with Gasteiger partial charge in [0.15, 0.2) is 11.6 Å². The lowest BCUT2D eigenvalue weighted by molar-refractivity contribution is -0.138. The average molecular weight is 390 g/mol. The number of carboxylic acids is 1. The number of aromatic nitrogens is 1. The van der Waals surface area contributed by atoms with Crippen molar-refractivity contribution in [2.45, 2.75) is 26.3 Å². The molecule has 0 radical (unpaired) electrons. The molecule has 0 fully saturated rings. The molecule has 140 valence electrons. The van der Waals surface area contributed by atoms with Gasteiger partial charge in [0.2, 0.25) is 5.91 Å². The number of halogens is 2. The van der Waals surface area contributed by atoms with Crippen molar-refractivity contribution in [3.63, 3.8) is 0 Å². The second kappa shape index (κ2) is 7.79. The molecule has 0 aliphatic carbocycles. The molecule has 8 heteroatoms. The number of rotatable bonds is 6. The number of anilines is 1. The second-order valence-corrected chi connectivity index (χ2v) is 7.14. The first-order valence-corrected chi connectivity index (χ1v) is 8.99. The molecular weight excluding hydrogens is 374 g/mol. The summed E-state index contributed by atoms with van der Waals surface area (Å²) in [5.74, 6) is -3.45. The Labute approximate surface area is 157 Å². The molecule has 3 rings (SSSR count). The summed E-state index contributed by atoms with van der Waals surface area (Å²) >= 11 is 1.16. The summed E-state index contributed by atoms with van der Waals surface area (Å²) in [6, 6.07) is 9.65. The van der Waals surface area contributed by atoms with Crippen LogP contribution >= 0.6 is 11.3 Å². The van der Waals surface area contributed by atoms with E-state index >= 15 is 0 Å². The van der Waals surface area contributed by atoms with Crippen molar-refractivity contribution < 1.29 is 23.5 Å². The van der Waals surface area contributed by atoms with E-state index in [0.717, 1.165) is 23.0 Å². The smallest absolute Gasteiger partial charge is 0.303 e. The first-order valence-electron chi connectivity index (χ1n) is 8.17. The highest BCUT2D eigenvalue weighted by molar-refractivity contribution is 7.18. The molecule has 0 unspecified atom stereocenters. The maximum Gasteiger partial charge on any atom is 0.303 e. The van der Waals surface area contributed by atoms with Crippen LogP contribution in [0.15, 0.2) is 36.4 Å². The summed E-state index contributed by atoms with van der Waals surface area (Å²) in [5, 5.41) is 9.26. The van der Waals surface area contributed by atoms with Gasteiger partial charge in [0.25, 0.3) is 0 Å². The number of aryl methyl sites for hydroxylation is 1. The van der Waals surface area contributed by atoms with Gasteiger partial charge in [-0.05, 0) is 31.2 Å². The Morgan fingerprint density at radius 3 is 2.48 bits per heavy atom. The van der Waals surface area contributed by atoms with Crippen LogP contribution in [0.1, 0.15) is 23.4 Å². The second-order valence-electron chi connectivity index (χ2n) is 6.02. The van der Waals surface area contributed by atoms with Crippen molar-refractivity contribution in [2.75, 3.05) is 4.90 Å². The molecule has 27 heavy (non-hydrogen) atoms. The van der Waals surface area contributed by atoms with Crippen LogP contribution in [0.25, 0.3) is 10.2 Å². The quantitative estimate of drug-likeness (QED) is 0.682. The van der Waals surface area contributed by atoms with Crippen LogP contribution in [0, 0.1) is 18.6 Å². The maximum atomic E-state index is 13.9. The molecule has 3 aromatic rings. The Bertz CT molecular complexity index is 1000. The fourth-order valence-electron chi connectivity index (χ4n) is 2.58. The fraction of sp³-hybridized carbons (Fsp3) is 0.211. The Morgan fingerprint density at radius 1 is 1.11 bits per heavy atom. The number of carboxylic acid groups (broad SMARTS) is 1. The molecule has 0 saturated heterocycles. The number of thiazole rings is 1. The Kier molecular flexibility index (Phi) is 5.46. The number of fused-ring (bicyclic) bond motifs is 1. The van der Waals surface area contributed by atoms with E-state index in [4.69, 9.17) is 5.11 Å². The minimum absolute atomic E-state index is 0.0436. The minimum atomic E-state index is -1.07. The van der Waals surface area contributed by atoms with Crippen LogP contribution in [-0.4, -0.2) is 22.0 Å². The van der Waals surface area contributed by atoms with Gasteiger partial charge in [0, 0.05) is 12.1 Å². The van der Waals surface area contributed by atoms with E-state index in [1.54, 1.807) is 12.1 Å². The van der Waals surface area contributed by atoms with Crippen molar-refractivity contribution in [1.29, 1.82) is 0 Å². The standard InChI is InChI=1S/C19H16F2N2O3S/c1-11-2-4-12(5-3-11)23(16(24)8-9-17(25)26)10-15-22-19-14(27-15)7-6-13(20)18(19)21/h2-7H,8-10H2,1H3,(H,25,26). The molecule has 0 spiro atoms. The Hall–Kier alpha value is -2.87. The van der Waals surface area contributed by atoms with E-state index in [0.29, 0.717) is 15.4 Å². The summed E-state index contributed by atoms with van der Waals surface area (Å²) in [4.78, 5) is 28.9. The largest absolute Gasteiger partial charge is 0.481 e. The number of amides is 1. The Balaban J connectivity index is 1.93. The van der Waals surface area contributed by atoms with E-state index in [2.05, 4.69) is 4.98 Å². The SMILES string of the molecule is Cc1ccc(N(Cc2nc3c(F)c(F)ccc3s2)C(=O)CCC(=O)O)cc1. The zero-order valence-electron chi connectivity index (χ0n) is 14.4. The lowest BCUT2D eigenvalue weighted by atomic mass is 10.2. The van der Waals surface area contributed by atoms with Crippen molar-refractivity contribution in [2.24, 2.45) is 0 Å². The molecule has 1 N–H and O–H groups in total. The number of carbonyl (C=O) groups excluding carboxylic acids is 1. The van der Waals surface area contributed by atoms with E-state index in [1.165, 1.54) is 11.0 Å². The van der Waals surface area contributed by atoms with E-state index in [1.807, 2.05) is 19.1 Å². The molecule has 1 heterocycles. The van der Waals surface area contributed by atoms with Crippen LogP contribution in [0.4, 0.5) is 14.5 Å². The van der Waals surface area contributed by atoms with E-state index in [-0.39, 0.29) is 30.8 Å². The van der Waals surface area contributed by atoms with Crippen LogP contribution in [0.5, 0.6) is 0 Å². The highest BCUT2D eigenvalue weighted by atomic mass is 32.1. The molecule has 1 aromatic heterocycles. The van der Waals surface area contributed by atoms with Crippen molar-refractivity contribution >= 4 is 39.1 Å². The van der Waals surface area contributed by atoms with Gasteiger partial charge in [0.05, 0.1) is 17.7 Å². The van der Waals surface area contributed by atoms with Crippen molar-refractivity contribution in [3.05, 3.63) is 58.6 Å². The van der Waals surface area contributed by atoms with Crippen LogP contribution < -0.4 is 4.90 Å². The van der Waals surface area contributed by atoms with Gasteiger partial charge in [-0.25, -0.2) is 13.8 Å². The lowest BCUT2D eigenvalue weighted by Crippen LogP contribution is -2.30. The third-order valence-electron chi connectivity index (χ3n) is 3.99. The number of carbonyl (C=O) groups is 2. The molecule has 1 amide bonds. The van der Waals surface area contributed by atoms with Crippen LogP contribution in [0.2, 0.25) is 0 Å². The highest BCUT2D eigenvalue weighted by Crippen LogP contribution is 2.28. The Morgan fingerprint density at radius 2 is 1.81 bits per heavy atom. The zero-order chi connectivity index (χ0) is 19.6. The molecule has 0 aliphatic rings. The predicted octanol–water partition coefficient (Wildman–Crippen LogP) is 4.28. The summed E-state index contributed by atoms with van der Waals surface area (Å²) in [6.07, 6.45) is -0.460. The first kappa shape index (κ1) is 18.9. The van der Waals surface area contributed by atoms with Gasteiger partial charge in [-0.3, -0.25) is 9.59 Å². The third kappa shape index (κ3) is 4.28. The van der Waals surface area contributed by atoms with E-state index < -0.39 is 17.6 Å². The number of nitrogens with zero attached hydrogens (tertiary/aromatic N) is 2. The fourth-order valence-corrected chi connectivity index (χ4v) is 3.54. The molecule has 2 aromatic carbocycles. The average Bonchev–Trinajstić information content (AvgIpc) is 3.05. The van der Waals surface area contributed by atoms with Gasteiger partial charge in [-0.2, -0.15) is 0 Å². The summed E-state index contributed by atoms with van der Waals surface area (Å²) in [6.45, 7) is 1.95. The van der Waals surface area contributed by atoms with Gasteiger partial charge in [0.1, 0.15) is 10.5 Å². The lowest BCUT2D eigenvalue weighted by Gasteiger charge is -2.22. The molecule has 5 nitrogen and oxygen atoms in total. The monoisotopic (exact) mass is 390 g/mol. The predicted molar refractivity (Wildman–Crippen MR) is 98.8 cm³/mol. The number of aliphatic carboxylic acids is 1. The number of hydrogen-bond donors (Lipinski definition) is 1. The van der Waals surface area contributed by atoms with Crippen LogP contribution in [0.3, 0.4) is 0 Å². The zero-order valence-corrected chi connectivity index (χ0v) is 15.2. The summed E-state index contributed by atoms with van der Waals surface area (Å²) in [7, 11) is 0. The molecular formula is C19H16F2N2O3S. The number of benzene rings is 2. The normalized spacial score (nSPS) is 10.9. The minimum Gasteiger partial charge on any atom is -0.481 e. The van der Waals surface area contributed by atoms with Gasteiger partial charge in [-0.1, -0.05) is 17.7 Å². The van der Waals surface area contributed by atoms with Gasteiger partial charge < -0.3 is 10.0 Å². The van der Waals surface area contributed by atoms with Crippen molar-refractivity contribution in [3.8, 4) is 0 Å². The summed E-state index contributed by atoms with van der Waals surface area (Å²) in [5.41, 5.74) is 1.52. The molecule has 0 atom stereocenters. The first-order chi connectivity index (χ1) is 12.8. The van der Waals surface area contributed by atoms with Crippen molar-refractivity contribution in [1.82, 2.24) is 4.98 Å². The summed E-state index contributed by atoms with van der Waals surface area (Å²) < 4.78 is 27.8. The molecule has 0 saturated carbocycles. The van der Waals surface area contributed by atoms with Crippen LogP contribution in [-0.2, 0) is 16.1 Å². The van der Waals surface area contributed by atoms with E-state index in [9.17, 15) is 18.4 Å². The maximum absolute atomic E-state index is 13.9. The molecule has 0 bridgehead atoms. The molecule has 0 aliphatic heterocycles. The topological polar surface area (TPSA) is 70.5 Å².